The van der Waals surface area contributed by atoms with E-state index < -0.39 is 30.3 Å². The second-order valence-corrected chi connectivity index (χ2v) is 11.8. The van der Waals surface area contributed by atoms with Crippen LogP contribution >= 0.6 is 0 Å². The smallest absolute Gasteiger partial charge is 0.407 e. The average molecular weight is 550 g/mol. The molecule has 1 aromatic carbocycles. The summed E-state index contributed by atoms with van der Waals surface area (Å²) in [5, 5.41) is 4.72. The topological polar surface area (TPSA) is 107 Å². The molecule has 0 radical (unpaired) electrons. The minimum Gasteiger partial charge on any atom is -0.472 e. The highest BCUT2D eigenvalue weighted by molar-refractivity contribution is 5.91. The summed E-state index contributed by atoms with van der Waals surface area (Å²) in [5.41, 5.74) is 0.684. The molecule has 1 aromatic heterocycles. The summed E-state index contributed by atoms with van der Waals surface area (Å²) >= 11 is 0. The summed E-state index contributed by atoms with van der Waals surface area (Å²) in [6, 6.07) is 6.43. The van der Waals surface area contributed by atoms with Crippen LogP contribution in [0.4, 0.5) is 4.79 Å². The first-order chi connectivity index (χ1) is 19.2. The lowest BCUT2D eigenvalue weighted by Crippen LogP contribution is -2.55. The molecule has 9 heteroatoms. The number of alkyl carbamates (subject to hydrolysis) is 1. The Morgan fingerprint density at radius 3 is 2.77 bits per heavy atom. The Morgan fingerprint density at radius 2 is 2.00 bits per heavy atom. The van der Waals surface area contributed by atoms with Gasteiger partial charge in [-0.3, -0.25) is 4.79 Å². The number of nitrogens with zero attached hydrogens (tertiary/aromatic N) is 2. The number of carbonyl (C=O) groups excluding carboxylic acids is 3. The normalized spacial score (nSPS) is 26.5. The molecule has 1 saturated carbocycles. The van der Waals surface area contributed by atoms with Crippen LogP contribution < -0.4 is 10.1 Å². The fourth-order valence-electron chi connectivity index (χ4n) is 5.96. The van der Waals surface area contributed by atoms with Crippen molar-refractivity contribution in [2.75, 3.05) is 19.8 Å². The predicted molar refractivity (Wildman–Crippen MR) is 151 cm³/mol. The lowest BCUT2D eigenvalue weighted by molar-refractivity contribution is -0.154. The molecule has 1 saturated heterocycles. The molecule has 3 heterocycles. The Kier molecular flexibility index (Phi) is 8.28. The number of ether oxygens (including phenoxy) is 3. The number of aromatic nitrogens is 1. The summed E-state index contributed by atoms with van der Waals surface area (Å²) in [6.45, 7) is 6.40. The fourth-order valence-corrected chi connectivity index (χ4v) is 5.96. The van der Waals surface area contributed by atoms with E-state index in [2.05, 4.69) is 16.4 Å². The largest absolute Gasteiger partial charge is 0.472 e. The Bertz CT molecular complexity index is 1290. The Morgan fingerprint density at radius 1 is 1.20 bits per heavy atom. The van der Waals surface area contributed by atoms with Gasteiger partial charge in [-0.1, -0.05) is 51.0 Å². The molecular formula is C31H39N3O6. The lowest BCUT2D eigenvalue weighted by atomic mass is 9.90. The summed E-state index contributed by atoms with van der Waals surface area (Å²) in [5.74, 6) is -0.335. The zero-order chi connectivity index (χ0) is 28.3. The Labute approximate surface area is 235 Å². The molecule has 3 aliphatic rings. The number of amides is 2. The van der Waals surface area contributed by atoms with E-state index >= 15 is 0 Å². The number of esters is 1. The van der Waals surface area contributed by atoms with Crippen molar-refractivity contribution < 1.29 is 28.6 Å². The number of rotatable bonds is 3. The molecule has 214 valence electrons. The predicted octanol–water partition coefficient (Wildman–Crippen LogP) is 4.87. The lowest BCUT2D eigenvalue weighted by Gasteiger charge is -2.31. The number of pyridine rings is 1. The molecule has 2 aromatic rings. The highest BCUT2D eigenvalue weighted by atomic mass is 16.6. The van der Waals surface area contributed by atoms with Crippen molar-refractivity contribution in [3.8, 4) is 5.88 Å². The van der Waals surface area contributed by atoms with Gasteiger partial charge >= 0.3 is 12.1 Å². The molecule has 4 bridgehead atoms. The molecule has 2 amide bonds. The Hall–Kier alpha value is -3.62. The summed E-state index contributed by atoms with van der Waals surface area (Å²) in [7, 11) is 0. The molecule has 2 fully saturated rings. The van der Waals surface area contributed by atoms with Gasteiger partial charge in [0.25, 0.3) is 0 Å². The summed E-state index contributed by atoms with van der Waals surface area (Å²) < 4.78 is 17.4. The average Bonchev–Trinajstić information content (AvgIpc) is 3.61. The Balaban J connectivity index is 1.52. The van der Waals surface area contributed by atoms with Crippen molar-refractivity contribution in [1.29, 1.82) is 0 Å². The monoisotopic (exact) mass is 549 g/mol. The number of carbonyl (C=O) groups is 3. The third-order valence-corrected chi connectivity index (χ3v) is 8.12. The van der Waals surface area contributed by atoms with E-state index in [4.69, 9.17) is 14.2 Å². The maximum absolute atomic E-state index is 14.1. The van der Waals surface area contributed by atoms with E-state index in [0.717, 1.165) is 42.0 Å². The van der Waals surface area contributed by atoms with Crippen LogP contribution in [0.2, 0.25) is 0 Å². The molecule has 1 aliphatic carbocycles. The van der Waals surface area contributed by atoms with E-state index in [1.54, 1.807) is 13.1 Å². The van der Waals surface area contributed by atoms with Crippen LogP contribution in [0, 0.1) is 11.3 Å². The van der Waals surface area contributed by atoms with Gasteiger partial charge in [-0.15, -0.1) is 0 Å². The zero-order valence-electron chi connectivity index (χ0n) is 23.6. The van der Waals surface area contributed by atoms with Gasteiger partial charge in [0.1, 0.15) is 18.2 Å². The third kappa shape index (κ3) is 6.24. The molecule has 2 aliphatic heterocycles. The fraction of sp³-hybridized carbons (Fsp3) is 0.548. The van der Waals surface area contributed by atoms with Gasteiger partial charge in [0.05, 0.1) is 19.8 Å². The van der Waals surface area contributed by atoms with Gasteiger partial charge in [-0.25, -0.2) is 14.6 Å². The number of fused-ring (bicyclic) bond motifs is 3. The van der Waals surface area contributed by atoms with E-state index in [9.17, 15) is 14.4 Å². The minimum atomic E-state index is -0.811. The summed E-state index contributed by atoms with van der Waals surface area (Å²) in [4.78, 5) is 46.1. The molecule has 3 atom stereocenters. The van der Waals surface area contributed by atoms with E-state index in [1.807, 2.05) is 44.2 Å². The van der Waals surface area contributed by atoms with Crippen LogP contribution in [0.3, 0.4) is 0 Å². The molecule has 1 N–H and O–H groups in total. The van der Waals surface area contributed by atoms with E-state index in [1.165, 1.54) is 4.90 Å². The quantitative estimate of drug-likeness (QED) is 0.544. The van der Waals surface area contributed by atoms with Gasteiger partial charge in [-0.05, 0) is 55.2 Å². The van der Waals surface area contributed by atoms with Crippen molar-refractivity contribution in [3.63, 3.8) is 0 Å². The standard InChI is InChI=1S/C31H39N3O6/c1-4-38-29(36)25-17-23-18-34(25)28(35)26(22-9-5-6-10-22)33-30(37)39-19-31(2,3)14-7-8-20-11-12-21-13-15-32-27(40-23)24(21)16-20/h7-8,11-13,15-16,22-23,25-26H,4-6,9-10,14,17-19H2,1-3H3,(H,33,37)/b8-7+/t23-,25+,26+/m1/s1. The van der Waals surface area contributed by atoms with Crippen LogP contribution in [0.1, 0.15) is 64.9 Å². The first-order valence-electron chi connectivity index (χ1n) is 14.4. The number of hydrogen-bond acceptors (Lipinski definition) is 7. The van der Waals surface area contributed by atoms with Gasteiger partial charge in [0.15, 0.2) is 0 Å². The zero-order valence-corrected chi connectivity index (χ0v) is 23.6. The maximum atomic E-state index is 14.1. The van der Waals surface area contributed by atoms with Crippen molar-refractivity contribution >= 4 is 34.8 Å². The second-order valence-electron chi connectivity index (χ2n) is 11.8. The van der Waals surface area contributed by atoms with Crippen LogP contribution in [0.25, 0.3) is 16.8 Å². The van der Waals surface area contributed by atoms with Gasteiger partial charge in [-0.2, -0.15) is 0 Å². The highest BCUT2D eigenvalue weighted by Gasteiger charge is 2.46. The van der Waals surface area contributed by atoms with Gasteiger partial charge in [0, 0.05) is 23.4 Å². The molecular weight excluding hydrogens is 510 g/mol. The van der Waals surface area contributed by atoms with Crippen LogP contribution in [0.5, 0.6) is 5.88 Å². The number of benzene rings is 1. The van der Waals surface area contributed by atoms with E-state index in [-0.39, 0.29) is 43.4 Å². The van der Waals surface area contributed by atoms with Gasteiger partial charge < -0.3 is 24.4 Å². The number of allylic oxidation sites excluding steroid dienone is 1. The van der Waals surface area contributed by atoms with Crippen molar-refractivity contribution in [1.82, 2.24) is 15.2 Å². The van der Waals surface area contributed by atoms with Crippen LogP contribution in [-0.4, -0.2) is 65.8 Å². The minimum absolute atomic E-state index is 0.0254. The number of cyclic esters (lactones) is 1. The molecule has 9 nitrogen and oxygen atoms in total. The van der Waals surface area contributed by atoms with Crippen molar-refractivity contribution in [3.05, 3.63) is 42.1 Å². The maximum Gasteiger partial charge on any atom is 0.407 e. The first kappa shape index (κ1) is 27.9. The summed E-state index contributed by atoms with van der Waals surface area (Å²) in [6.07, 6.45) is 9.34. The number of nitrogens with one attached hydrogen (secondary N) is 1. The third-order valence-electron chi connectivity index (χ3n) is 8.12. The molecule has 40 heavy (non-hydrogen) atoms. The number of hydrogen-bond donors (Lipinski definition) is 1. The van der Waals surface area contributed by atoms with E-state index in [0.29, 0.717) is 12.3 Å². The first-order valence-corrected chi connectivity index (χ1v) is 14.4. The van der Waals surface area contributed by atoms with Crippen LogP contribution in [0.15, 0.2) is 36.5 Å². The van der Waals surface area contributed by atoms with Crippen molar-refractivity contribution in [2.24, 2.45) is 11.3 Å². The molecule has 5 rings (SSSR count). The SMILES string of the molecule is CCOC(=O)[C@@H]1C[C@@H]2CN1C(=O)[C@H](C1CCCC1)NC(=O)OCC(C)(C)C/C=C/c1ccc3ccnc(c3c1)O2. The van der Waals surface area contributed by atoms with Crippen molar-refractivity contribution in [2.45, 2.75) is 77.5 Å². The van der Waals surface area contributed by atoms with Gasteiger partial charge in [0.2, 0.25) is 11.8 Å². The second kappa shape index (κ2) is 11.9. The van der Waals surface area contributed by atoms with Crippen LogP contribution in [-0.2, 0) is 19.1 Å². The molecule has 0 unspecified atom stereocenters. The highest BCUT2D eigenvalue weighted by Crippen LogP contribution is 2.33. The molecule has 0 spiro atoms.